The molecule has 23 heavy (non-hydrogen) atoms. The van der Waals surface area contributed by atoms with Crippen LogP contribution < -0.4 is 11.2 Å². The third kappa shape index (κ3) is 3.48. The maximum atomic E-state index is 12.5. The SMILES string of the molecule is NC(=O)c1cn(CC2CCOCC2)cc(-c2ccccn2)c1=O. The molecule has 1 fully saturated rings. The number of nitrogens with two attached hydrogens (primary N) is 1. The van der Waals surface area contributed by atoms with Gasteiger partial charge in [-0.15, -0.1) is 0 Å². The fraction of sp³-hybridized carbons (Fsp3) is 0.353. The van der Waals surface area contributed by atoms with Crippen LogP contribution in [0.1, 0.15) is 23.2 Å². The zero-order valence-electron chi connectivity index (χ0n) is 12.8. The lowest BCUT2D eigenvalue weighted by Gasteiger charge is -2.23. The van der Waals surface area contributed by atoms with E-state index in [1.54, 1.807) is 30.7 Å². The van der Waals surface area contributed by atoms with Crippen LogP contribution in [0.4, 0.5) is 0 Å². The number of ether oxygens (including phenoxy) is 1. The third-order valence-electron chi connectivity index (χ3n) is 4.10. The second kappa shape index (κ2) is 6.75. The molecule has 0 spiro atoms. The molecule has 6 nitrogen and oxygen atoms in total. The number of carbonyl (C=O) groups is 1. The Morgan fingerprint density at radius 1 is 1.30 bits per heavy atom. The van der Waals surface area contributed by atoms with E-state index >= 15 is 0 Å². The minimum Gasteiger partial charge on any atom is -0.381 e. The van der Waals surface area contributed by atoms with Gasteiger partial charge in [0.05, 0.1) is 11.3 Å². The van der Waals surface area contributed by atoms with Gasteiger partial charge in [-0.1, -0.05) is 6.07 Å². The van der Waals surface area contributed by atoms with Crippen molar-refractivity contribution in [2.45, 2.75) is 19.4 Å². The van der Waals surface area contributed by atoms with Gasteiger partial charge in [-0.2, -0.15) is 0 Å². The molecular formula is C17H19N3O3. The summed E-state index contributed by atoms with van der Waals surface area (Å²) in [6.07, 6.45) is 6.86. The van der Waals surface area contributed by atoms with Crippen LogP contribution in [0.15, 0.2) is 41.6 Å². The van der Waals surface area contributed by atoms with Crippen LogP contribution in [0.3, 0.4) is 0 Å². The topological polar surface area (TPSA) is 87.2 Å². The van der Waals surface area contributed by atoms with Gasteiger partial charge >= 0.3 is 0 Å². The average molecular weight is 313 g/mol. The van der Waals surface area contributed by atoms with Crippen LogP contribution in [0.5, 0.6) is 0 Å². The molecule has 3 heterocycles. The number of aromatic nitrogens is 2. The van der Waals surface area contributed by atoms with E-state index in [1.807, 2.05) is 10.6 Å². The molecule has 0 unspecified atom stereocenters. The Morgan fingerprint density at radius 2 is 2.09 bits per heavy atom. The third-order valence-corrected chi connectivity index (χ3v) is 4.10. The molecule has 0 saturated carbocycles. The normalized spacial score (nSPS) is 15.5. The number of hydrogen-bond donors (Lipinski definition) is 1. The van der Waals surface area contributed by atoms with Crippen molar-refractivity contribution in [3.05, 3.63) is 52.6 Å². The second-order valence-corrected chi connectivity index (χ2v) is 5.75. The summed E-state index contributed by atoms with van der Waals surface area (Å²) in [6.45, 7) is 2.23. The van der Waals surface area contributed by atoms with Gasteiger partial charge in [0.15, 0.2) is 0 Å². The van der Waals surface area contributed by atoms with Crippen molar-refractivity contribution < 1.29 is 9.53 Å². The van der Waals surface area contributed by atoms with Gasteiger partial charge in [-0.3, -0.25) is 14.6 Å². The van der Waals surface area contributed by atoms with Crippen LogP contribution in [0, 0.1) is 5.92 Å². The van der Waals surface area contributed by atoms with E-state index in [1.165, 1.54) is 0 Å². The quantitative estimate of drug-likeness (QED) is 0.925. The highest BCUT2D eigenvalue weighted by Gasteiger charge is 2.18. The highest BCUT2D eigenvalue weighted by atomic mass is 16.5. The lowest BCUT2D eigenvalue weighted by atomic mass is 10.00. The number of nitrogens with zero attached hydrogens (tertiary/aromatic N) is 2. The predicted octanol–water partition coefficient (Wildman–Crippen LogP) is 1.44. The highest BCUT2D eigenvalue weighted by Crippen LogP contribution is 2.19. The summed E-state index contributed by atoms with van der Waals surface area (Å²) in [4.78, 5) is 28.3. The number of pyridine rings is 2. The van der Waals surface area contributed by atoms with E-state index in [4.69, 9.17) is 10.5 Å². The largest absolute Gasteiger partial charge is 0.381 e. The highest BCUT2D eigenvalue weighted by molar-refractivity contribution is 5.93. The monoisotopic (exact) mass is 313 g/mol. The molecule has 2 aromatic rings. The fourth-order valence-electron chi connectivity index (χ4n) is 2.84. The lowest BCUT2D eigenvalue weighted by Crippen LogP contribution is -2.27. The van der Waals surface area contributed by atoms with E-state index in [0.717, 1.165) is 32.6 Å². The number of primary amides is 1. The van der Waals surface area contributed by atoms with Gasteiger partial charge in [0.2, 0.25) is 5.43 Å². The smallest absolute Gasteiger partial charge is 0.254 e. The maximum absolute atomic E-state index is 12.5. The predicted molar refractivity (Wildman–Crippen MR) is 86.0 cm³/mol. The molecule has 1 aliphatic heterocycles. The number of rotatable bonds is 4. The molecule has 0 aliphatic carbocycles. The van der Waals surface area contributed by atoms with E-state index < -0.39 is 5.91 Å². The van der Waals surface area contributed by atoms with Crippen molar-refractivity contribution in [2.24, 2.45) is 11.7 Å². The van der Waals surface area contributed by atoms with Crippen molar-refractivity contribution in [1.82, 2.24) is 9.55 Å². The van der Waals surface area contributed by atoms with Crippen LogP contribution in [0.2, 0.25) is 0 Å². The van der Waals surface area contributed by atoms with Crippen LogP contribution in [-0.2, 0) is 11.3 Å². The number of amides is 1. The first-order valence-corrected chi connectivity index (χ1v) is 7.68. The molecule has 0 radical (unpaired) electrons. The van der Waals surface area contributed by atoms with E-state index in [-0.39, 0.29) is 11.0 Å². The lowest BCUT2D eigenvalue weighted by molar-refractivity contribution is 0.0612. The van der Waals surface area contributed by atoms with E-state index in [0.29, 0.717) is 17.2 Å². The standard InChI is InChI=1S/C17H19N3O3/c18-17(22)14-11-20(9-12-4-7-23-8-5-12)10-13(16(14)21)15-3-1-2-6-19-15/h1-3,6,10-12H,4-5,7-9H2,(H2,18,22). The molecule has 120 valence electrons. The Hall–Kier alpha value is -2.47. The molecule has 1 saturated heterocycles. The molecule has 6 heteroatoms. The van der Waals surface area contributed by atoms with Crippen LogP contribution in [0.25, 0.3) is 11.3 Å². The first-order chi connectivity index (χ1) is 11.1. The molecule has 0 bridgehead atoms. The van der Waals surface area contributed by atoms with Crippen LogP contribution >= 0.6 is 0 Å². The van der Waals surface area contributed by atoms with E-state index in [9.17, 15) is 9.59 Å². The average Bonchev–Trinajstić information content (AvgIpc) is 2.58. The summed E-state index contributed by atoms with van der Waals surface area (Å²) in [6, 6.07) is 5.34. The molecule has 3 rings (SSSR count). The summed E-state index contributed by atoms with van der Waals surface area (Å²) in [5.74, 6) is -0.253. The summed E-state index contributed by atoms with van der Waals surface area (Å²) in [5, 5.41) is 0. The Balaban J connectivity index is 2.01. The Morgan fingerprint density at radius 3 is 2.74 bits per heavy atom. The van der Waals surface area contributed by atoms with Gasteiger partial charge in [-0.05, 0) is 30.9 Å². The first-order valence-electron chi connectivity index (χ1n) is 7.68. The minimum absolute atomic E-state index is 0.000197. The summed E-state index contributed by atoms with van der Waals surface area (Å²) >= 11 is 0. The van der Waals surface area contributed by atoms with Gasteiger partial charge in [-0.25, -0.2) is 0 Å². The summed E-state index contributed by atoms with van der Waals surface area (Å²) < 4.78 is 7.24. The van der Waals surface area contributed by atoms with Crippen LogP contribution in [-0.4, -0.2) is 28.7 Å². The molecule has 1 aliphatic rings. The van der Waals surface area contributed by atoms with Gasteiger partial charge in [0, 0.05) is 38.3 Å². The molecule has 0 aromatic carbocycles. The van der Waals surface area contributed by atoms with Gasteiger partial charge < -0.3 is 15.0 Å². The summed E-state index contributed by atoms with van der Waals surface area (Å²) in [7, 11) is 0. The number of carbonyl (C=O) groups excluding carboxylic acids is 1. The van der Waals surface area contributed by atoms with Crippen molar-refractivity contribution >= 4 is 5.91 Å². The molecule has 0 atom stereocenters. The van der Waals surface area contributed by atoms with Gasteiger partial charge in [0.25, 0.3) is 5.91 Å². The zero-order valence-corrected chi connectivity index (χ0v) is 12.8. The molecule has 2 N–H and O–H groups in total. The Kier molecular flexibility index (Phi) is 4.52. The molecule has 1 amide bonds. The number of hydrogen-bond acceptors (Lipinski definition) is 4. The fourth-order valence-corrected chi connectivity index (χ4v) is 2.84. The maximum Gasteiger partial charge on any atom is 0.254 e. The Labute approximate surface area is 133 Å². The van der Waals surface area contributed by atoms with Crippen molar-refractivity contribution in [3.63, 3.8) is 0 Å². The summed E-state index contributed by atoms with van der Waals surface area (Å²) in [5.41, 5.74) is 5.94. The zero-order chi connectivity index (χ0) is 16.2. The van der Waals surface area contributed by atoms with Crippen molar-refractivity contribution in [3.8, 4) is 11.3 Å². The van der Waals surface area contributed by atoms with E-state index in [2.05, 4.69) is 4.98 Å². The minimum atomic E-state index is -0.714. The van der Waals surface area contributed by atoms with Crippen molar-refractivity contribution in [2.75, 3.05) is 13.2 Å². The second-order valence-electron chi connectivity index (χ2n) is 5.75. The molecule has 2 aromatic heterocycles. The van der Waals surface area contributed by atoms with Crippen molar-refractivity contribution in [1.29, 1.82) is 0 Å². The first kappa shape index (κ1) is 15.4. The molecular weight excluding hydrogens is 294 g/mol. The Bertz CT molecular complexity index is 749. The van der Waals surface area contributed by atoms with Gasteiger partial charge in [0.1, 0.15) is 5.56 Å².